The number of carbonyl (C=O) groups excluding carboxylic acids is 1. The van der Waals surface area contributed by atoms with Crippen molar-refractivity contribution in [1.29, 1.82) is 0 Å². The summed E-state index contributed by atoms with van der Waals surface area (Å²) in [4.78, 5) is 15.8. The molecule has 2 N–H and O–H groups in total. The van der Waals surface area contributed by atoms with E-state index in [-0.39, 0.29) is 52.6 Å². The molecule has 0 unspecified atom stereocenters. The molecule has 0 fully saturated rings. The molecule has 0 bridgehead atoms. The fraction of sp³-hybridized carbons (Fsp3) is 0.457. The molecule has 0 aromatic heterocycles. The quantitative estimate of drug-likeness (QED) is 0.301. The zero-order valence-corrected chi connectivity index (χ0v) is 30.5. The van der Waals surface area contributed by atoms with Crippen LogP contribution in [0.4, 0.5) is 10.1 Å². The van der Waals surface area contributed by atoms with Gasteiger partial charge in [-0.15, -0.1) is 0 Å². The molecule has 1 aliphatic heterocycles. The van der Waals surface area contributed by atoms with Crippen molar-refractivity contribution in [2.24, 2.45) is 5.92 Å². The number of likely N-dealkylation sites (N-methyl/N-ethyl adjacent to an activating group) is 1. The van der Waals surface area contributed by atoms with Gasteiger partial charge in [0.1, 0.15) is 17.3 Å². The number of benzene rings is 3. The number of hydrogen-bond donors (Lipinski definition) is 2. The molecule has 0 radical (unpaired) electrons. The van der Waals surface area contributed by atoms with E-state index >= 15 is 0 Å². The molecule has 3 aromatic carbocycles. The average molecular weight is 736 g/mol. The molecule has 1 aliphatic rings. The minimum absolute atomic E-state index is 0.00334. The number of amides is 1. The molecule has 50 heavy (non-hydrogen) atoms. The number of aliphatic hydroxyl groups excluding tert-OH is 1. The van der Waals surface area contributed by atoms with E-state index in [0.717, 1.165) is 22.9 Å². The number of carbonyl (C=O) groups is 1. The Morgan fingerprint density at radius 1 is 1.02 bits per heavy atom. The van der Waals surface area contributed by atoms with E-state index < -0.39 is 49.8 Å². The van der Waals surface area contributed by atoms with E-state index in [9.17, 15) is 31.1 Å². The maximum atomic E-state index is 14.4. The smallest absolute Gasteiger partial charge is 0.261 e. The number of nitrogens with one attached hydrogen (secondary N) is 1. The molecule has 0 saturated carbocycles. The summed E-state index contributed by atoms with van der Waals surface area (Å²) in [6.07, 6.45) is 1.05. The molecule has 0 saturated heterocycles. The third-order valence-corrected chi connectivity index (χ3v) is 11.9. The number of anilines is 1. The third kappa shape index (κ3) is 9.72. The number of nitrogens with zero attached hydrogens (tertiary/aromatic N) is 2. The van der Waals surface area contributed by atoms with Crippen LogP contribution in [-0.2, 0) is 24.8 Å². The van der Waals surface area contributed by atoms with Crippen LogP contribution in [0.25, 0.3) is 0 Å². The van der Waals surface area contributed by atoms with Crippen molar-refractivity contribution < 1.29 is 45.3 Å². The summed E-state index contributed by atoms with van der Waals surface area (Å²) in [5.41, 5.74) is 0.216. The van der Waals surface area contributed by atoms with E-state index in [0.29, 0.717) is 25.2 Å². The average Bonchev–Trinajstić information content (AvgIpc) is 3.09. The molecule has 0 aliphatic carbocycles. The molecule has 0 spiro atoms. The first-order chi connectivity index (χ1) is 23.7. The number of rotatable bonds is 10. The van der Waals surface area contributed by atoms with E-state index in [4.69, 9.17) is 14.2 Å². The molecular formula is C35H46FN3O9S2. The van der Waals surface area contributed by atoms with Crippen LogP contribution < -0.4 is 14.2 Å². The Morgan fingerprint density at radius 3 is 2.32 bits per heavy atom. The molecule has 12 nitrogen and oxygen atoms in total. The third-order valence-electron chi connectivity index (χ3n) is 8.63. The Kier molecular flexibility index (Phi) is 13.2. The summed E-state index contributed by atoms with van der Waals surface area (Å²) in [5.74, 6) is -0.752. The summed E-state index contributed by atoms with van der Waals surface area (Å²) in [6, 6.07) is 14.2. The molecule has 274 valence electrons. The number of aliphatic hydroxyl groups is 1. The number of ether oxygens (including phenoxy) is 3. The number of methoxy groups -OCH3 is 1. The van der Waals surface area contributed by atoms with Gasteiger partial charge < -0.3 is 24.2 Å². The predicted octanol–water partition coefficient (Wildman–Crippen LogP) is 4.75. The van der Waals surface area contributed by atoms with Gasteiger partial charge in [0.2, 0.25) is 10.0 Å². The van der Waals surface area contributed by atoms with Gasteiger partial charge in [-0.3, -0.25) is 9.52 Å². The second-order valence-corrected chi connectivity index (χ2v) is 16.3. The van der Waals surface area contributed by atoms with Gasteiger partial charge >= 0.3 is 0 Å². The van der Waals surface area contributed by atoms with Crippen molar-refractivity contribution in [2.75, 3.05) is 45.2 Å². The Labute approximate surface area is 294 Å². The van der Waals surface area contributed by atoms with Crippen molar-refractivity contribution in [3.8, 4) is 11.5 Å². The second kappa shape index (κ2) is 17.0. The van der Waals surface area contributed by atoms with Crippen LogP contribution in [0, 0.1) is 11.7 Å². The van der Waals surface area contributed by atoms with Crippen molar-refractivity contribution in [2.45, 2.75) is 68.1 Å². The SMILES string of the molecule is COc1ccc(S(=O)(=O)Nc2ccc3c(c2)C(=O)N([C@H](C)CO)C[C@H](C)[C@@H](CN(C)S(=O)(=O)c2ccc(F)cc2)OCCCC[C@@H](C)O3)cc1. The lowest BCUT2D eigenvalue weighted by Gasteiger charge is -2.35. The Balaban J connectivity index is 1.67. The number of halogens is 1. The Hall–Kier alpha value is -3.76. The predicted molar refractivity (Wildman–Crippen MR) is 187 cm³/mol. The van der Waals surface area contributed by atoms with Gasteiger partial charge in [0.05, 0.1) is 47.3 Å². The molecule has 1 heterocycles. The van der Waals surface area contributed by atoms with Crippen LogP contribution in [0.5, 0.6) is 11.5 Å². The van der Waals surface area contributed by atoms with Gasteiger partial charge in [0.25, 0.3) is 15.9 Å². The first-order valence-corrected chi connectivity index (χ1v) is 19.3. The highest BCUT2D eigenvalue weighted by molar-refractivity contribution is 7.92. The summed E-state index contributed by atoms with van der Waals surface area (Å²) in [5, 5.41) is 10.2. The van der Waals surface area contributed by atoms with Gasteiger partial charge in [-0.1, -0.05) is 6.92 Å². The maximum absolute atomic E-state index is 14.4. The molecule has 4 atom stereocenters. The molecule has 15 heteroatoms. The fourth-order valence-electron chi connectivity index (χ4n) is 5.56. The molecule has 3 aromatic rings. The number of hydrogen-bond acceptors (Lipinski definition) is 9. The van der Waals surface area contributed by atoms with Crippen molar-refractivity contribution in [1.82, 2.24) is 9.21 Å². The van der Waals surface area contributed by atoms with Crippen molar-refractivity contribution in [3.05, 3.63) is 78.1 Å². The lowest BCUT2D eigenvalue weighted by atomic mass is 10.0. The zero-order chi connectivity index (χ0) is 36.6. The van der Waals surface area contributed by atoms with Crippen LogP contribution in [0.1, 0.15) is 50.4 Å². The summed E-state index contributed by atoms with van der Waals surface area (Å²) >= 11 is 0. The maximum Gasteiger partial charge on any atom is 0.261 e. The number of sulfonamides is 2. The second-order valence-electron chi connectivity index (χ2n) is 12.5. The standard InChI is InChI=1S/C35H46FN3O9S2/c1-24-21-39(25(2)23-40)35(41)32-20-28(37-49(42,43)30-16-12-29(46-5)13-17-30)11-18-33(32)48-26(3)8-6-7-19-47-34(24)22-38(4)50(44,45)31-14-9-27(36)10-15-31/h9-18,20,24-26,34,37,40H,6-8,19,21-23H2,1-5H3/t24-,25+,26+,34+/m0/s1. The van der Waals surface area contributed by atoms with E-state index in [1.165, 1.54) is 67.6 Å². The van der Waals surface area contributed by atoms with E-state index in [1.807, 2.05) is 13.8 Å². The van der Waals surface area contributed by atoms with Crippen LogP contribution in [0.15, 0.2) is 76.5 Å². The lowest BCUT2D eigenvalue weighted by molar-refractivity contribution is -0.00834. The van der Waals surface area contributed by atoms with Gasteiger partial charge in [0.15, 0.2) is 0 Å². The van der Waals surface area contributed by atoms with Crippen LogP contribution in [-0.4, -0.2) is 95.8 Å². The van der Waals surface area contributed by atoms with Crippen LogP contribution in [0.3, 0.4) is 0 Å². The summed E-state index contributed by atoms with van der Waals surface area (Å²) in [6.45, 7) is 5.35. The highest BCUT2D eigenvalue weighted by Gasteiger charge is 2.32. The van der Waals surface area contributed by atoms with Gasteiger partial charge in [-0.05, 0) is 99.8 Å². The fourth-order valence-corrected chi connectivity index (χ4v) is 7.79. The monoisotopic (exact) mass is 735 g/mol. The summed E-state index contributed by atoms with van der Waals surface area (Å²) < 4.78 is 88.0. The first kappa shape index (κ1) is 39.0. The Bertz CT molecular complexity index is 1810. The van der Waals surface area contributed by atoms with Crippen LogP contribution >= 0.6 is 0 Å². The topological polar surface area (TPSA) is 152 Å². The highest BCUT2D eigenvalue weighted by atomic mass is 32.2. The van der Waals surface area contributed by atoms with Crippen LogP contribution in [0.2, 0.25) is 0 Å². The first-order valence-electron chi connectivity index (χ1n) is 16.4. The van der Waals surface area contributed by atoms with Gasteiger partial charge in [0, 0.05) is 38.3 Å². The largest absolute Gasteiger partial charge is 0.497 e. The van der Waals surface area contributed by atoms with Crippen molar-refractivity contribution >= 4 is 31.6 Å². The van der Waals surface area contributed by atoms with E-state index in [1.54, 1.807) is 13.0 Å². The lowest BCUT2D eigenvalue weighted by Crippen LogP contribution is -2.48. The normalized spacial score (nSPS) is 20.4. The Morgan fingerprint density at radius 2 is 1.68 bits per heavy atom. The van der Waals surface area contributed by atoms with Gasteiger partial charge in [-0.25, -0.2) is 21.2 Å². The zero-order valence-electron chi connectivity index (χ0n) is 28.9. The minimum Gasteiger partial charge on any atom is -0.497 e. The van der Waals surface area contributed by atoms with Gasteiger partial charge in [-0.2, -0.15) is 4.31 Å². The molecule has 4 rings (SSSR count). The highest BCUT2D eigenvalue weighted by Crippen LogP contribution is 2.30. The summed E-state index contributed by atoms with van der Waals surface area (Å²) in [7, 11) is -5.13. The minimum atomic E-state index is -4.04. The molecular weight excluding hydrogens is 690 g/mol. The van der Waals surface area contributed by atoms with Crippen molar-refractivity contribution in [3.63, 3.8) is 0 Å². The number of fused-ring (bicyclic) bond motifs is 1. The molecule has 1 amide bonds. The van der Waals surface area contributed by atoms with E-state index in [2.05, 4.69) is 4.72 Å².